The van der Waals surface area contributed by atoms with Crippen molar-refractivity contribution in [3.05, 3.63) is 11.9 Å². The normalized spacial score (nSPS) is 19.7. The van der Waals surface area contributed by atoms with E-state index in [4.69, 9.17) is 9.72 Å². The minimum absolute atomic E-state index is 0.0589. The third kappa shape index (κ3) is 4.06. The maximum Gasteiger partial charge on any atom is 0.138 e. The summed E-state index contributed by atoms with van der Waals surface area (Å²) >= 11 is 0. The van der Waals surface area contributed by atoms with Gasteiger partial charge in [-0.1, -0.05) is 20.8 Å². The van der Waals surface area contributed by atoms with Crippen LogP contribution in [0, 0.1) is 0 Å². The molecule has 0 amide bonds. The second kappa shape index (κ2) is 6.60. The van der Waals surface area contributed by atoms with E-state index in [2.05, 4.69) is 49.0 Å². The third-order valence-corrected chi connectivity index (χ3v) is 3.78. The van der Waals surface area contributed by atoms with Crippen LogP contribution < -0.4 is 10.2 Å². The second-order valence-electron chi connectivity index (χ2n) is 6.66. The van der Waals surface area contributed by atoms with E-state index in [9.17, 15) is 0 Å². The Morgan fingerprint density at radius 3 is 2.76 bits per heavy atom. The molecule has 5 heteroatoms. The number of hydrogen-bond donors (Lipinski definition) is 1. The number of anilines is 2. The fourth-order valence-corrected chi connectivity index (χ4v) is 2.54. The van der Waals surface area contributed by atoms with Gasteiger partial charge in [0.2, 0.25) is 0 Å². The summed E-state index contributed by atoms with van der Waals surface area (Å²) in [4.78, 5) is 11.8. The molecule has 1 aliphatic rings. The first-order valence-electron chi connectivity index (χ1n) is 7.85. The Labute approximate surface area is 128 Å². The van der Waals surface area contributed by atoms with Gasteiger partial charge in [0.1, 0.15) is 17.5 Å². The molecule has 21 heavy (non-hydrogen) atoms. The molecule has 118 valence electrons. The molecule has 0 radical (unpaired) electrons. The van der Waals surface area contributed by atoms with Crippen molar-refractivity contribution in [3.63, 3.8) is 0 Å². The number of nitrogens with one attached hydrogen (secondary N) is 1. The largest absolute Gasteiger partial charge is 0.380 e. The second-order valence-corrected chi connectivity index (χ2v) is 6.66. The van der Waals surface area contributed by atoms with E-state index in [1.165, 1.54) is 0 Å². The Morgan fingerprint density at radius 2 is 2.14 bits per heavy atom. The van der Waals surface area contributed by atoms with Gasteiger partial charge in [-0.05, 0) is 19.8 Å². The standard InChI is InChI=1S/C16H28N4O/c1-6-17-13-10-14(19-15(18-13)16(2,3)4)20-9-7-8-12(11-20)21-5/h10,12H,6-9,11H2,1-5H3,(H,17,18,19). The smallest absolute Gasteiger partial charge is 0.138 e. The molecule has 0 aliphatic carbocycles. The Kier molecular flexibility index (Phi) is 5.04. The van der Waals surface area contributed by atoms with Crippen LogP contribution in [0.3, 0.4) is 0 Å². The topological polar surface area (TPSA) is 50.3 Å². The van der Waals surface area contributed by atoms with Crippen LogP contribution in [0.1, 0.15) is 46.4 Å². The summed E-state index contributed by atoms with van der Waals surface area (Å²) in [7, 11) is 1.79. The third-order valence-electron chi connectivity index (χ3n) is 3.78. The van der Waals surface area contributed by atoms with Gasteiger partial charge in [0.15, 0.2) is 0 Å². The fourth-order valence-electron chi connectivity index (χ4n) is 2.54. The number of hydrogen-bond acceptors (Lipinski definition) is 5. The molecule has 1 aromatic rings. The maximum absolute atomic E-state index is 5.52. The Bertz CT molecular complexity index is 470. The van der Waals surface area contributed by atoms with Crippen molar-refractivity contribution in [2.75, 3.05) is 37.0 Å². The Morgan fingerprint density at radius 1 is 1.38 bits per heavy atom. The average Bonchev–Trinajstić information content (AvgIpc) is 2.46. The van der Waals surface area contributed by atoms with E-state index in [1.54, 1.807) is 7.11 Å². The van der Waals surface area contributed by atoms with Crippen LogP contribution in [0.25, 0.3) is 0 Å². The molecule has 0 bridgehead atoms. The molecule has 1 aromatic heterocycles. The fraction of sp³-hybridized carbons (Fsp3) is 0.750. The molecule has 1 saturated heterocycles. The summed E-state index contributed by atoms with van der Waals surface area (Å²) in [6.45, 7) is 11.3. The first-order valence-corrected chi connectivity index (χ1v) is 7.85. The molecule has 0 spiro atoms. The molecule has 1 aliphatic heterocycles. The molecule has 0 aromatic carbocycles. The molecule has 1 atom stereocenters. The lowest BCUT2D eigenvalue weighted by atomic mass is 9.95. The zero-order valence-electron chi connectivity index (χ0n) is 13.9. The highest BCUT2D eigenvalue weighted by Crippen LogP contribution is 2.26. The highest BCUT2D eigenvalue weighted by Gasteiger charge is 2.24. The average molecular weight is 292 g/mol. The quantitative estimate of drug-likeness (QED) is 0.925. The van der Waals surface area contributed by atoms with Crippen molar-refractivity contribution in [1.29, 1.82) is 0 Å². The Hall–Kier alpha value is -1.36. The summed E-state index contributed by atoms with van der Waals surface area (Å²) in [5.41, 5.74) is -0.0589. The zero-order chi connectivity index (χ0) is 15.5. The van der Waals surface area contributed by atoms with Crippen molar-refractivity contribution in [3.8, 4) is 0 Å². The van der Waals surface area contributed by atoms with Crippen LogP contribution in [-0.4, -0.2) is 42.8 Å². The summed E-state index contributed by atoms with van der Waals surface area (Å²) in [6, 6.07) is 2.05. The van der Waals surface area contributed by atoms with Crippen LogP contribution in [0.15, 0.2) is 6.07 Å². The maximum atomic E-state index is 5.52. The number of piperidine rings is 1. The molecule has 1 fully saturated rings. The van der Waals surface area contributed by atoms with E-state index in [0.717, 1.165) is 49.9 Å². The van der Waals surface area contributed by atoms with Gasteiger partial charge < -0.3 is 15.0 Å². The van der Waals surface area contributed by atoms with E-state index < -0.39 is 0 Å². The Balaban J connectivity index is 2.31. The van der Waals surface area contributed by atoms with Crippen LogP contribution in [0.5, 0.6) is 0 Å². The highest BCUT2D eigenvalue weighted by atomic mass is 16.5. The summed E-state index contributed by atoms with van der Waals surface area (Å²) < 4.78 is 5.52. The highest BCUT2D eigenvalue weighted by molar-refractivity contribution is 5.50. The van der Waals surface area contributed by atoms with Crippen LogP contribution in [0.2, 0.25) is 0 Å². The van der Waals surface area contributed by atoms with Crippen molar-refractivity contribution < 1.29 is 4.74 Å². The predicted octanol–water partition coefficient (Wildman–Crippen LogP) is 2.82. The van der Waals surface area contributed by atoms with Crippen LogP contribution in [0.4, 0.5) is 11.6 Å². The first-order chi connectivity index (χ1) is 9.94. The summed E-state index contributed by atoms with van der Waals surface area (Å²) in [6.07, 6.45) is 2.57. The molecular formula is C16H28N4O. The van der Waals surface area contributed by atoms with E-state index >= 15 is 0 Å². The van der Waals surface area contributed by atoms with Gasteiger partial charge in [0, 0.05) is 38.2 Å². The number of rotatable bonds is 4. The van der Waals surface area contributed by atoms with Crippen molar-refractivity contribution >= 4 is 11.6 Å². The molecule has 1 N–H and O–H groups in total. The summed E-state index contributed by atoms with van der Waals surface area (Å²) in [5.74, 6) is 2.80. The van der Waals surface area contributed by atoms with Gasteiger partial charge in [-0.25, -0.2) is 9.97 Å². The lowest BCUT2D eigenvalue weighted by Gasteiger charge is -2.33. The predicted molar refractivity (Wildman–Crippen MR) is 87.1 cm³/mol. The lowest BCUT2D eigenvalue weighted by Crippen LogP contribution is -2.40. The van der Waals surface area contributed by atoms with Gasteiger partial charge in [-0.3, -0.25) is 0 Å². The molecule has 2 heterocycles. The number of nitrogens with zero attached hydrogens (tertiary/aromatic N) is 3. The van der Waals surface area contributed by atoms with Crippen molar-refractivity contribution in [2.45, 2.75) is 52.1 Å². The molecule has 5 nitrogen and oxygen atoms in total. The minimum atomic E-state index is -0.0589. The van der Waals surface area contributed by atoms with Gasteiger partial charge in [-0.15, -0.1) is 0 Å². The SMILES string of the molecule is CCNc1cc(N2CCCC(OC)C2)nc(C(C)(C)C)n1. The molecule has 0 saturated carbocycles. The lowest BCUT2D eigenvalue weighted by molar-refractivity contribution is 0.0891. The molecular weight excluding hydrogens is 264 g/mol. The minimum Gasteiger partial charge on any atom is -0.380 e. The molecule has 2 rings (SSSR count). The van der Waals surface area contributed by atoms with Gasteiger partial charge in [0.25, 0.3) is 0 Å². The van der Waals surface area contributed by atoms with E-state index in [0.29, 0.717) is 6.10 Å². The number of ether oxygens (including phenoxy) is 1. The summed E-state index contributed by atoms with van der Waals surface area (Å²) in [5, 5.41) is 3.32. The van der Waals surface area contributed by atoms with Crippen molar-refractivity contribution in [2.24, 2.45) is 0 Å². The van der Waals surface area contributed by atoms with Crippen LogP contribution in [-0.2, 0) is 10.2 Å². The van der Waals surface area contributed by atoms with Gasteiger partial charge in [-0.2, -0.15) is 0 Å². The van der Waals surface area contributed by atoms with E-state index in [-0.39, 0.29) is 5.41 Å². The van der Waals surface area contributed by atoms with Gasteiger partial charge in [0.05, 0.1) is 6.10 Å². The van der Waals surface area contributed by atoms with E-state index in [1.807, 2.05) is 0 Å². The molecule has 1 unspecified atom stereocenters. The monoisotopic (exact) mass is 292 g/mol. The van der Waals surface area contributed by atoms with Crippen LogP contribution >= 0.6 is 0 Å². The number of methoxy groups -OCH3 is 1. The first kappa shape index (κ1) is 16.0. The number of aromatic nitrogens is 2. The van der Waals surface area contributed by atoms with Gasteiger partial charge >= 0.3 is 0 Å². The zero-order valence-corrected chi connectivity index (χ0v) is 13.9. The van der Waals surface area contributed by atoms with Crippen molar-refractivity contribution in [1.82, 2.24) is 9.97 Å².